The fourth-order valence-corrected chi connectivity index (χ4v) is 5.14. The first-order chi connectivity index (χ1) is 18.1. The van der Waals surface area contributed by atoms with E-state index in [4.69, 9.17) is 0 Å². The van der Waals surface area contributed by atoms with Crippen LogP contribution in [0.25, 0.3) is 0 Å². The molecule has 1 saturated heterocycles. The number of rotatable bonds is 3. The third-order valence-electron chi connectivity index (χ3n) is 6.82. The van der Waals surface area contributed by atoms with Crippen LogP contribution in [0.4, 0.5) is 56.6 Å². The van der Waals surface area contributed by atoms with E-state index in [2.05, 4.69) is 27.7 Å². The van der Waals surface area contributed by atoms with Crippen molar-refractivity contribution in [2.24, 2.45) is 5.92 Å². The Morgan fingerprint density at radius 2 is 1.46 bits per heavy atom. The molecule has 2 atom stereocenters. The number of carbonyl (C=O) groups is 2. The maximum Gasteiger partial charge on any atom is 0.458 e. The van der Waals surface area contributed by atoms with Crippen LogP contribution in [0.3, 0.4) is 0 Å². The topological polar surface area (TPSA) is 61.4 Å². The average molecular weight is 567 g/mol. The van der Waals surface area contributed by atoms with Crippen molar-refractivity contribution >= 4 is 28.6 Å². The quantitative estimate of drug-likeness (QED) is 0.365. The lowest BCUT2D eigenvalue weighted by Gasteiger charge is -2.42. The summed E-state index contributed by atoms with van der Waals surface area (Å²) in [5.41, 5.74) is 5.19. The third-order valence-corrected chi connectivity index (χ3v) is 6.82. The number of hydrogen-bond acceptors (Lipinski definition) is 5. The predicted molar refractivity (Wildman–Crippen MR) is 123 cm³/mol. The molecular formula is C25H22F9N3O2. The number of alkyl halides is 9. The number of ketones is 2. The molecule has 0 unspecified atom stereocenters. The molecule has 0 aliphatic carbocycles. The lowest BCUT2D eigenvalue weighted by atomic mass is 9.80. The van der Waals surface area contributed by atoms with Crippen molar-refractivity contribution in [3.05, 3.63) is 53.1 Å². The fourth-order valence-electron chi connectivity index (χ4n) is 5.14. The molecule has 212 valence electrons. The summed E-state index contributed by atoms with van der Waals surface area (Å²) in [6.45, 7) is 4.32. The van der Waals surface area contributed by atoms with E-state index in [1.54, 1.807) is 0 Å². The maximum atomic E-state index is 12.8. The number of nitrogens with zero attached hydrogens (tertiary/aromatic N) is 1. The Morgan fingerprint density at radius 3 is 2.03 bits per heavy atom. The van der Waals surface area contributed by atoms with Crippen molar-refractivity contribution in [2.45, 2.75) is 37.3 Å². The zero-order valence-corrected chi connectivity index (χ0v) is 20.0. The Labute approximate surface area is 216 Å². The number of Topliss-reactive ketones (excluding diaryl/α,β-unsaturated/α-hetero) is 2. The number of fused-ring (bicyclic) bond motifs is 2. The molecule has 0 amide bonds. The SMILES string of the molecule is FC(F)(F)c1ccc(Nc2cc3c4c(c2)[C@@H]2CNC[C@@H]2CN4CCC3)cc1.O=C(C(=O)C(F)(F)F)C(F)(F)F. The van der Waals surface area contributed by atoms with Gasteiger partial charge in [-0.15, -0.1) is 0 Å². The van der Waals surface area contributed by atoms with Crippen LogP contribution >= 0.6 is 0 Å². The first-order valence-corrected chi connectivity index (χ1v) is 11.8. The zero-order valence-electron chi connectivity index (χ0n) is 20.0. The van der Waals surface area contributed by atoms with Gasteiger partial charge < -0.3 is 15.5 Å². The van der Waals surface area contributed by atoms with Gasteiger partial charge in [-0.2, -0.15) is 39.5 Å². The van der Waals surface area contributed by atoms with Crippen LogP contribution in [-0.2, 0) is 22.2 Å². The van der Waals surface area contributed by atoms with Crippen LogP contribution in [-0.4, -0.2) is 50.1 Å². The maximum absolute atomic E-state index is 12.8. The number of hydrogen-bond donors (Lipinski definition) is 2. The molecular weight excluding hydrogens is 545 g/mol. The van der Waals surface area contributed by atoms with Gasteiger partial charge in [0.15, 0.2) is 0 Å². The molecule has 39 heavy (non-hydrogen) atoms. The zero-order chi connectivity index (χ0) is 28.8. The molecule has 0 radical (unpaired) electrons. The molecule has 3 aliphatic heterocycles. The number of nitrogens with one attached hydrogen (secondary N) is 2. The lowest BCUT2D eigenvalue weighted by molar-refractivity contribution is -0.193. The van der Waals surface area contributed by atoms with Gasteiger partial charge in [0.25, 0.3) is 0 Å². The van der Waals surface area contributed by atoms with Crippen molar-refractivity contribution in [3.8, 4) is 0 Å². The summed E-state index contributed by atoms with van der Waals surface area (Å²) in [6, 6.07) is 9.64. The number of benzene rings is 2. The van der Waals surface area contributed by atoms with E-state index >= 15 is 0 Å². The highest BCUT2D eigenvalue weighted by atomic mass is 19.4. The van der Waals surface area contributed by atoms with E-state index in [0.29, 0.717) is 17.5 Å². The molecule has 0 aromatic heterocycles. The molecule has 14 heteroatoms. The summed E-state index contributed by atoms with van der Waals surface area (Å²) in [7, 11) is 0. The molecule has 0 spiro atoms. The van der Waals surface area contributed by atoms with Crippen molar-refractivity contribution in [2.75, 3.05) is 36.4 Å². The smallest absolute Gasteiger partial charge is 0.371 e. The van der Waals surface area contributed by atoms with Crippen molar-refractivity contribution in [1.82, 2.24) is 5.32 Å². The summed E-state index contributed by atoms with van der Waals surface area (Å²) in [6.07, 6.45) is -13.6. The fraction of sp³-hybridized carbons (Fsp3) is 0.440. The molecule has 1 fully saturated rings. The van der Waals surface area contributed by atoms with Crippen LogP contribution in [0.2, 0.25) is 0 Å². The first-order valence-electron chi connectivity index (χ1n) is 11.8. The highest BCUT2D eigenvalue weighted by Crippen LogP contribution is 2.46. The summed E-state index contributed by atoms with van der Waals surface area (Å²) < 4.78 is 105. The van der Waals surface area contributed by atoms with E-state index in [-0.39, 0.29) is 0 Å². The van der Waals surface area contributed by atoms with Crippen LogP contribution < -0.4 is 15.5 Å². The van der Waals surface area contributed by atoms with Gasteiger partial charge in [-0.05, 0) is 66.3 Å². The van der Waals surface area contributed by atoms with Crippen molar-refractivity contribution in [1.29, 1.82) is 0 Å². The average Bonchev–Trinajstić information content (AvgIpc) is 3.31. The van der Waals surface area contributed by atoms with E-state index < -0.39 is 35.7 Å². The van der Waals surface area contributed by atoms with Gasteiger partial charge in [0.2, 0.25) is 0 Å². The Bertz CT molecular complexity index is 1210. The van der Waals surface area contributed by atoms with Gasteiger partial charge in [-0.25, -0.2) is 0 Å². The Morgan fingerprint density at radius 1 is 0.846 bits per heavy atom. The van der Waals surface area contributed by atoms with Gasteiger partial charge >= 0.3 is 30.1 Å². The van der Waals surface area contributed by atoms with E-state index in [9.17, 15) is 49.1 Å². The van der Waals surface area contributed by atoms with Crippen LogP contribution in [0.1, 0.15) is 29.0 Å². The molecule has 3 aliphatic rings. The second-order valence-electron chi connectivity index (χ2n) is 9.50. The van der Waals surface area contributed by atoms with Crippen LogP contribution in [0.5, 0.6) is 0 Å². The largest absolute Gasteiger partial charge is 0.458 e. The molecule has 3 heterocycles. The third kappa shape index (κ3) is 6.31. The molecule has 2 N–H and O–H groups in total. The lowest BCUT2D eigenvalue weighted by Crippen LogP contribution is -2.40. The minimum absolute atomic E-state index is 0.530. The van der Waals surface area contributed by atoms with Crippen molar-refractivity contribution in [3.63, 3.8) is 0 Å². The standard InChI is InChI=1S/C21H22F3N3.C4F6O2/c22-21(23,24)15-3-5-16(6-4-15)26-17-8-13-2-1-7-27-12-14-10-25-11-19(14)18(9-17)20(13)27;5-3(6,7)1(11)2(12)4(8,9)10/h3-6,8-9,14,19,25-26H,1-2,7,10-12H2;/t14-,19-;/m1./s1. The Kier molecular flexibility index (Phi) is 7.63. The van der Waals surface area contributed by atoms with E-state index in [1.165, 1.54) is 28.9 Å². The predicted octanol–water partition coefficient (Wildman–Crippen LogP) is 5.77. The van der Waals surface area contributed by atoms with Crippen LogP contribution in [0, 0.1) is 5.92 Å². The van der Waals surface area contributed by atoms with Crippen molar-refractivity contribution < 1.29 is 49.1 Å². The number of anilines is 3. The van der Waals surface area contributed by atoms with E-state index in [1.807, 2.05) is 0 Å². The highest BCUT2D eigenvalue weighted by Gasteiger charge is 2.54. The van der Waals surface area contributed by atoms with Gasteiger partial charge in [0.1, 0.15) is 0 Å². The Balaban J connectivity index is 0.000000251. The Hall–Kier alpha value is -3.29. The number of halogens is 9. The number of carbonyl (C=O) groups excluding carboxylic acids is 2. The van der Waals surface area contributed by atoms with Gasteiger partial charge in [-0.3, -0.25) is 9.59 Å². The number of aryl methyl sites for hydroxylation is 1. The second kappa shape index (κ2) is 10.4. The normalized spacial score (nSPS) is 20.4. The summed E-state index contributed by atoms with van der Waals surface area (Å²) in [5.74, 6) is -5.64. The van der Waals surface area contributed by atoms with Gasteiger partial charge in [-0.1, -0.05) is 0 Å². The molecule has 2 aromatic rings. The van der Waals surface area contributed by atoms with Gasteiger partial charge in [0, 0.05) is 49.2 Å². The highest BCUT2D eigenvalue weighted by molar-refractivity contribution is 6.41. The second-order valence-corrected chi connectivity index (χ2v) is 9.50. The van der Waals surface area contributed by atoms with Crippen LogP contribution in [0.15, 0.2) is 36.4 Å². The first kappa shape index (κ1) is 28.7. The minimum Gasteiger partial charge on any atom is -0.371 e. The summed E-state index contributed by atoms with van der Waals surface area (Å²) >= 11 is 0. The monoisotopic (exact) mass is 567 g/mol. The molecule has 0 saturated carbocycles. The molecule has 5 nitrogen and oxygen atoms in total. The molecule has 5 rings (SSSR count). The summed E-state index contributed by atoms with van der Waals surface area (Å²) in [4.78, 5) is 21.8. The van der Waals surface area contributed by atoms with E-state index in [0.717, 1.165) is 56.8 Å². The minimum atomic E-state index is -5.77. The molecule has 2 aromatic carbocycles. The molecule has 0 bridgehead atoms. The summed E-state index contributed by atoms with van der Waals surface area (Å²) in [5, 5.41) is 6.85. The van der Waals surface area contributed by atoms with Gasteiger partial charge in [0.05, 0.1) is 5.56 Å².